The maximum Gasteiger partial charge on any atom is 0.246 e. The van der Waals surface area contributed by atoms with E-state index in [4.69, 9.17) is 11.6 Å². The average Bonchev–Trinajstić information content (AvgIpc) is 2.85. The minimum Gasteiger partial charge on any atom is -0.329 e. The molecule has 0 bridgehead atoms. The monoisotopic (exact) mass is 278 g/mol. The molecule has 2 aliphatic rings. The molecular formula is C14H15ClN2O2. The number of piperazine rings is 1. The molecule has 0 aromatic heterocycles. The van der Waals surface area contributed by atoms with Crippen molar-refractivity contribution in [3.05, 3.63) is 34.9 Å². The molecule has 0 N–H and O–H groups in total. The summed E-state index contributed by atoms with van der Waals surface area (Å²) in [5.74, 6) is 0.126. The number of halogens is 1. The van der Waals surface area contributed by atoms with Crippen molar-refractivity contribution in [2.24, 2.45) is 0 Å². The predicted molar refractivity (Wildman–Crippen MR) is 71.6 cm³/mol. The molecule has 1 aromatic carbocycles. The molecule has 2 amide bonds. The first kappa shape index (κ1) is 12.5. The van der Waals surface area contributed by atoms with Gasteiger partial charge in [0.1, 0.15) is 12.6 Å². The minimum absolute atomic E-state index is 0.0594. The lowest BCUT2D eigenvalue weighted by Gasteiger charge is -2.36. The summed E-state index contributed by atoms with van der Waals surface area (Å²) in [6.45, 7) is 1.36. The first-order valence-corrected chi connectivity index (χ1v) is 6.85. The van der Waals surface area contributed by atoms with Gasteiger partial charge in [-0.1, -0.05) is 23.7 Å². The smallest absolute Gasteiger partial charge is 0.246 e. The molecule has 4 nitrogen and oxygen atoms in total. The SMILES string of the molecule is O=C1C2CCCN2C(=O)CN1Cc1cccc(Cl)c1. The maximum atomic E-state index is 12.3. The number of nitrogens with zero attached hydrogens (tertiary/aromatic N) is 2. The molecule has 2 fully saturated rings. The molecule has 3 rings (SSSR count). The lowest BCUT2D eigenvalue weighted by molar-refractivity contribution is -0.154. The fraction of sp³-hybridized carbons (Fsp3) is 0.429. The largest absolute Gasteiger partial charge is 0.329 e. The highest BCUT2D eigenvalue weighted by Gasteiger charge is 2.41. The third-order valence-corrected chi connectivity index (χ3v) is 3.99. The van der Waals surface area contributed by atoms with Crippen LogP contribution in [0.5, 0.6) is 0 Å². The lowest BCUT2D eigenvalue weighted by atomic mass is 10.1. The fourth-order valence-corrected chi connectivity index (χ4v) is 3.07. The fourth-order valence-electron chi connectivity index (χ4n) is 2.85. The summed E-state index contributed by atoms with van der Waals surface area (Å²) in [5, 5.41) is 0.649. The zero-order chi connectivity index (χ0) is 13.4. The molecule has 5 heteroatoms. The van der Waals surface area contributed by atoms with E-state index in [-0.39, 0.29) is 24.4 Å². The first-order valence-electron chi connectivity index (χ1n) is 6.48. The van der Waals surface area contributed by atoms with Gasteiger partial charge in [0.15, 0.2) is 0 Å². The van der Waals surface area contributed by atoms with Crippen molar-refractivity contribution in [2.75, 3.05) is 13.1 Å². The van der Waals surface area contributed by atoms with Crippen LogP contribution < -0.4 is 0 Å². The van der Waals surface area contributed by atoms with Crippen LogP contribution in [-0.4, -0.2) is 40.7 Å². The van der Waals surface area contributed by atoms with Crippen LogP contribution in [0.25, 0.3) is 0 Å². The minimum atomic E-state index is -0.236. The van der Waals surface area contributed by atoms with E-state index in [0.29, 0.717) is 11.6 Å². The second kappa shape index (κ2) is 4.85. The van der Waals surface area contributed by atoms with Gasteiger partial charge in [-0.15, -0.1) is 0 Å². The first-order chi connectivity index (χ1) is 9.15. The van der Waals surface area contributed by atoms with Crippen LogP contribution in [0.3, 0.4) is 0 Å². The predicted octanol–water partition coefficient (Wildman–Crippen LogP) is 1.67. The Morgan fingerprint density at radius 1 is 1.32 bits per heavy atom. The average molecular weight is 279 g/mol. The van der Waals surface area contributed by atoms with Gasteiger partial charge in [0.25, 0.3) is 0 Å². The second-order valence-corrected chi connectivity index (χ2v) is 5.51. The Bertz CT molecular complexity index is 532. The van der Waals surface area contributed by atoms with Crippen LogP contribution >= 0.6 is 11.6 Å². The molecule has 0 saturated carbocycles. The molecule has 0 aliphatic carbocycles. The quantitative estimate of drug-likeness (QED) is 0.826. The Morgan fingerprint density at radius 3 is 2.95 bits per heavy atom. The zero-order valence-electron chi connectivity index (χ0n) is 10.5. The molecule has 19 heavy (non-hydrogen) atoms. The number of hydrogen-bond donors (Lipinski definition) is 0. The lowest BCUT2D eigenvalue weighted by Crippen LogP contribution is -2.56. The summed E-state index contributed by atoms with van der Waals surface area (Å²) in [6, 6.07) is 7.17. The molecule has 2 aliphatic heterocycles. The van der Waals surface area contributed by atoms with Gasteiger partial charge >= 0.3 is 0 Å². The van der Waals surface area contributed by atoms with Crippen molar-refractivity contribution in [3.63, 3.8) is 0 Å². The number of carbonyl (C=O) groups excluding carboxylic acids is 2. The Kier molecular flexibility index (Phi) is 3.19. The molecule has 1 unspecified atom stereocenters. The molecule has 1 aromatic rings. The van der Waals surface area contributed by atoms with E-state index in [1.165, 1.54) is 0 Å². The Hall–Kier alpha value is -1.55. The number of rotatable bonds is 2. The van der Waals surface area contributed by atoms with E-state index in [2.05, 4.69) is 0 Å². The van der Waals surface area contributed by atoms with Gasteiger partial charge in [-0.25, -0.2) is 0 Å². The van der Waals surface area contributed by atoms with Crippen molar-refractivity contribution in [2.45, 2.75) is 25.4 Å². The molecular weight excluding hydrogens is 264 g/mol. The Morgan fingerprint density at radius 2 is 2.16 bits per heavy atom. The molecule has 2 heterocycles. The summed E-state index contributed by atoms with van der Waals surface area (Å²) in [4.78, 5) is 27.7. The van der Waals surface area contributed by atoms with Crippen LogP contribution in [0.1, 0.15) is 18.4 Å². The molecule has 2 saturated heterocycles. The highest BCUT2D eigenvalue weighted by molar-refractivity contribution is 6.30. The summed E-state index contributed by atoms with van der Waals surface area (Å²) in [5.41, 5.74) is 0.958. The van der Waals surface area contributed by atoms with Gasteiger partial charge in [-0.05, 0) is 30.5 Å². The summed E-state index contributed by atoms with van der Waals surface area (Å²) in [7, 11) is 0. The topological polar surface area (TPSA) is 40.6 Å². The van der Waals surface area contributed by atoms with Crippen molar-refractivity contribution in [1.82, 2.24) is 9.80 Å². The van der Waals surface area contributed by atoms with Gasteiger partial charge in [-0.3, -0.25) is 9.59 Å². The van der Waals surface area contributed by atoms with Gasteiger partial charge in [0.05, 0.1) is 0 Å². The van der Waals surface area contributed by atoms with E-state index in [9.17, 15) is 9.59 Å². The molecule has 100 valence electrons. The van der Waals surface area contributed by atoms with Crippen LogP contribution in [0.15, 0.2) is 24.3 Å². The van der Waals surface area contributed by atoms with E-state index >= 15 is 0 Å². The van der Waals surface area contributed by atoms with Crippen molar-refractivity contribution >= 4 is 23.4 Å². The van der Waals surface area contributed by atoms with Gasteiger partial charge in [-0.2, -0.15) is 0 Å². The molecule has 1 atom stereocenters. The van der Waals surface area contributed by atoms with Gasteiger partial charge < -0.3 is 9.80 Å². The number of amides is 2. The van der Waals surface area contributed by atoms with Crippen LogP contribution in [0, 0.1) is 0 Å². The highest BCUT2D eigenvalue weighted by atomic mass is 35.5. The summed E-state index contributed by atoms with van der Waals surface area (Å²) in [6.07, 6.45) is 1.71. The third kappa shape index (κ3) is 2.32. The zero-order valence-corrected chi connectivity index (χ0v) is 11.3. The van der Waals surface area contributed by atoms with Crippen molar-refractivity contribution in [3.8, 4) is 0 Å². The summed E-state index contributed by atoms with van der Waals surface area (Å²) < 4.78 is 0. The number of fused-ring (bicyclic) bond motifs is 1. The Labute approximate surface area is 116 Å². The van der Waals surface area contributed by atoms with Crippen LogP contribution in [-0.2, 0) is 16.1 Å². The van der Waals surface area contributed by atoms with Crippen LogP contribution in [0.4, 0.5) is 0 Å². The highest BCUT2D eigenvalue weighted by Crippen LogP contribution is 2.25. The standard InChI is InChI=1S/C14H15ClN2O2/c15-11-4-1-3-10(7-11)8-16-9-13(18)17-6-2-5-12(17)14(16)19/h1,3-4,7,12H,2,5-6,8-9H2. The normalized spacial score (nSPS) is 22.9. The van der Waals surface area contributed by atoms with Crippen LogP contribution in [0.2, 0.25) is 5.02 Å². The van der Waals surface area contributed by atoms with Gasteiger partial charge in [0, 0.05) is 18.1 Å². The number of benzene rings is 1. The second-order valence-electron chi connectivity index (χ2n) is 5.07. The van der Waals surface area contributed by atoms with E-state index < -0.39 is 0 Å². The maximum absolute atomic E-state index is 12.3. The van der Waals surface area contributed by atoms with Gasteiger partial charge in [0.2, 0.25) is 11.8 Å². The number of hydrogen-bond acceptors (Lipinski definition) is 2. The number of carbonyl (C=O) groups is 2. The molecule has 0 radical (unpaired) electrons. The summed E-state index contributed by atoms with van der Waals surface area (Å²) >= 11 is 5.94. The van der Waals surface area contributed by atoms with E-state index in [1.807, 2.05) is 18.2 Å². The Balaban J connectivity index is 1.78. The van der Waals surface area contributed by atoms with E-state index in [1.54, 1.807) is 15.9 Å². The van der Waals surface area contributed by atoms with Crippen molar-refractivity contribution < 1.29 is 9.59 Å². The molecule has 0 spiro atoms. The third-order valence-electron chi connectivity index (χ3n) is 3.76. The van der Waals surface area contributed by atoms with E-state index in [0.717, 1.165) is 24.9 Å². The van der Waals surface area contributed by atoms with Crippen molar-refractivity contribution in [1.29, 1.82) is 0 Å².